The number of ether oxygens (including phenoxy) is 2. The lowest BCUT2D eigenvalue weighted by atomic mass is 10.2. The standard InChI is InChI=1S/C12H16BrNO4/c1-2-17-6-3-7-18-12-5-4-10(9-13)8-11(12)14(15)16/h4-5,8H,2-3,6-7,9H2,1H3. The van der Waals surface area contributed by atoms with E-state index in [0.717, 1.165) is 5.56 Å². The van der Waals surface area contributed by atoms with E-state index in [1.807, 2.05) is 6.92 Å². The van der Waals surface area contributed by atoms with E-state index < -0.39 is 4.92 Å². The number of benzene rings is 1. The maximum atomic E-state index is 10.9. The van der Waals surface area contributed by atoms with Crippen LogP contribution in [0, 0.1) is 10.1 Å². The molecule has 0 spiro atoms. The van der Waals surface area contributed by atoms with Crippen molar-refractivity contribution in [3.8, 4) is 5.75 Å². The summed E-state index contributed by atoms with van der Waals surface area (Å²) in [6.45, 7) is 3.60. The molecule has 0 aliphatic heterocycles. The van der Waals surface area contributed by atoms with Crippen LogP contribution in [0.4, 0.5) is 5.69 Å². The van der Waals surface area contributed by atoms with Crippen LogP contribution in [0.25, 0.3) is 0 Å². The van der Waals surface area contributed by atoms with Crippen LogP contribution >= 0.6 is 15.9 Å². The molecule has 1 aromatic rings. The van der Waals surface area contributed by atoms with Crippen molar-refractivity contribution >= 4 is 21.6 Å². The molecule has 0 aliphatic rings. The van der Waals surface area contributed by atoms with Crippen molar-refractivity contribution in [3.05, 3.63) is 33.9 Å². The van der Waals surface area contributed by atoms with Crippen LogP contribution in [0.3, 0.4) is 0 Å². The molecule has 0 aliphatic carbocycles. The smallest absolute Gasteiger partial charge is 0.311 e. The van der Waals surface area contributed by atoms with E-state index in [1.165, 1.54) is 6.07 Å². The van der Waals surface area contributed by atoms with Crippen molar-refractivity contribution in [2.45, 2.75) is 18.7 Å². The number of alkyl halides is 1. The van der Waals surface area contributed by atoms with Crippen LogP contribution < -0.4 is 4.74 Å². The summed E-state index contributed by atoms with van der Waals surface area (Å²) in [6.07, 6.45) is 0.713. The van der Waals surface area contributed by atoms with Crippen LogP contribution in [0.1, 0.15) is 18.9 Å². The van der Waals surface area contributed by atoms with Gasteiger partial charge in [-0.3, -0.25) is 10.1 Å². The second-order valence-corrected chi connectivity index (χ2v) is 4.15. The third kappa shape index (κ3) is 4.62. The van der Waals surface area contributed by atoms with E-state index in [-0.39, 0.29) is 5.69 Å². The first-order valence-corrected chi connectivity index (χ1v) is 6.85. The molecule has 100 valence electrons. The van der Waals surface area contributed by atoms with Gasteiger partial charge in [0.15, 0.2) is 5.75 Å². The lowest BCUT2D eigenvalue weighted by Gasteiger charge is -2.07. The van der Waals surface area contributed by atoms with Crippen molar-refractivity contribution in [2.24, 2.45) is 0 Å². The fraction of sp³-hybridized carbons (Fsp3) is 0.500. The number of nitro groups is 1. The largest absolute Gasteiger partial charge is 0.487 e. The quantitative estimate of drug-likeness (QED) is 0.319. The molecule has 1 aromatic carbocycles. The Balaban J connectivity index is 2.61. The summed E-state index contributed by atoms with van der Waals surface area (Å²) in [6, 6.07) is 4.96. The highest BCUT2D eigenvalue weighted by molar-refractivity contribution is 9.08. The minimum atomic E-state index is -0.427. The minimum absolute atomic E-state index is 0.00311. The fourth-order valence-electron chi connectivity index (χ4n) is 1.40. The maximum Gasteiger partial charge on any atom is 0.311 e. The first kappa shape index (κ1) is 14.9. The van der Waals surface area contributed by atoms with Crippen LogP contribution in [0.5, 0.6) is 5.75 Å². The molecule has 0 fully saturated rings. The number of halogens is 1. The predicted octanol–water partition coefficient (Wildman–Crippen LogP) is 3.30. The van der Waals surface area contributed by atoms with Gasteiger partial charge in [0.1, 0.15) is 0 Å². The fourth-order valence-corrected chi connectivity index (χ4v) is 1.75. The van der Waals surface area contributed by atoms with E-state index in [1.54, 1.807) is 12.1 Å². The Labute approximate surface area is 114 Å². The van der Waals surface area contributed by atoms with Crippen LogP contribution in [-0.2, 0) is 10.1 Å². The Morgan fingerprint density at radius 1 is 1.39 bits per heavy atom. The van der Waals surface area contributed by atoms with Gasteiger partial charge < -0.3 is 9.47 Å². The molecule has 0 atom stereocenters. The zero-order valence-corrected chi connectivity index (χ0v) is 11.8. The predicted molar refractivity (Wildman–Crippen MR) is 72.3 cm³/mol. The van der Waals surface area contributed by atoms with Crippen LogP contribution in [0.15, 0.2) is 18.2 Å². The lowest BCUT2D eigenvalue weighted by Crippen LogP contribution is -2.04. The van der Waals surface area contributed by atoms with Gasteiger partial charge in [-0.2, -0.15) is 0 Å². The number of hydrogen-bond donors (Lipinski definition) is 0. The summed E-state index contributed by atoms with van der Waals surface area (Å²) in [5, 5.41) is 11.5. The van der Waals surface area contributed by atoms with Gasteiger partial charge in [0, 0.05) is 31.0 Å². The molecule has 0 saturated heterocycles. The molecule has 18 heavy (non-hydrogen) atoms. The molecule has 5 nitrogen and oxygen atoms in total. The molecule has 6 heteroatoms. The van der Waals surface area contributed by atoms with Crippen molar-refractivity contribution in [3.63, 3.8) is 0 Å². The second-order valence-electron chi connectivity index (χ2n) is 3.59. The van der Waals surface area contributed by atoms with Crippen molar-refractivity contribution in [1.82, 2.24) is 0 Å². The van der Waals surface area contributed by atoms with Gasteiger partial charge in [0.05, 0.1) is 11.5 Å². The van der Waals surface area contributed by atoms with E-state index in [9.17, 15) is 10.1 Å². The van der Waals surface area contributed by atoms with Gasteiger partial charge in [0.25, 0.3) is 0 Å². The molecule has 0 aromatic heterocycles. The Morgan fingerprint density at radius 3 is 2.78 bits per heavy atom. The van der Waals surface area contributed by atoms with E-state index in [0.29, 0.717) is 37.3 Å². The van der Waals surface area contributed by atoms with Gasteiger partial charge in [-0.25, -0.2) is 0 Å². The highest BCUT2D eigenvalue weighted by Crippen LogP contribution is 2.28. The Morgan fingerprint density at radius 2 is 2.17 bits per heavy atom. The number of rotatable bonds is 8. The summed E-state index contributed by atoms with van der Waals surface area (Å²) < 4.78 is 10.6. The second kappa shape index (κ2) is 8.05. The van der Waals surface area contributed by atoms with Gasteiger partial charge in [0.2, 0.25) is 0 Å². The number of nitrogens with zero attached hydrogens (tertiary/aromatic N) is 1. The monoisotopic (exact) mass is 317 g/mol. The molecular formula is C12H16BrNO4. The molecule has 0 amide bonds. The minimum Gasteiger partial charge on any atom is -0.487 e. The molecular weight excluding hydrogens is 302 g/mol. The highest BCUT2D eigenvalue weighted by atomic mass is 79.9. The zero-order valence-electron chi connectivity index (χ0n) is 10.2. The van der Waals surface area contributed by atoms with Crippen molar-refractivity contribution in [2.75, 3.05) is 19.8 Å². The van der Waals surface area contributed by atoms with Crippen molar-refractivity contribution in [1.29, 1.82) is 0 Å². The highest BCUT2D eigenvalue weighted by Gasteiger charge is 2.15. The average molecular weight is 318 g/mol. The molecule has 0 saturated carbocycles. The SMILES string of the molecule is CCOCCCOc1ccc(CBr)cc1[N+](=O)[O-]. The third-order valence-corrected chi connectivity index (χ3v) is 2.92. The normalized spacial score (nSPS) is 10.3. The molecule has 1 rings (SSSR count). The Kier molecular flexibility index (Phi) is 6.67. The summed E-state index contributed by atoms with van der Waals surface area (Å²) in [5.41, 5.74) is 0.853. The molecule has 0 bridgehead atoms. The lowest BCUT2D eigenvalue weighted by molar-refractivity contribution is -0.385. The van der Waals surface area contributed by atoms with Crippen LogP contribution in [-0.4, -0.2) is 24.7 Å². The molecule has 0 heterocycles. The summed E-state index contributed by atoms with van der Waals surface area (Å²) in [5.74, 6) is 0.307. The van der Waals surface area contributed by atoms with Gasteiger partial charge in [-0.05, 0) is 18.6 Å². The van der Waals surface area contributed by atoms with Gasteiger partial charge in [-0.1, -0.05) is 22.0 Å². The van der Waals surface area contributed by atoms with E-state index in [4.69, 9.17) is 9.47 Å². The van der Waals surface area contributed by atoms with Crippen LogP contribution in [0.2, 0.25) is 0 Å². The topological polar surface area (TPSA) is 61.6 Å². The van der Waals surface area contributed by atoms with E-state index in [2.05, 4.69) is 15.9 Å². The summed E-state index contributed by atoms with van der Waals surface area (Å²) >= 11 is 3.27. The summed E-state index contributed by atoms with van der Waals surface area (Å²) in [4.78, 5) is 10.5. The maximum absolute atomic E-state index is 10.9. The third-order valence-electron chi connectivity index (χ3n) is 2.27. The number of hydrogen-bond acceptors (Lipinski definition) is 4. The average Bonchev–Trinajstić information content (AvgIpc) is 2.38. The Hall–Kier alpha value is -1.14. The first-order chi connectivity index (χ1) is 8.69. The molecule has 0 unspecified atom stereocenters. The molecule has 0 N–H and O–H groups in total. The first-order valence-electron chi connectivity index (χ1n) is 5.72. The van der Waals surface area contributed by atoms with Gasteiger partial charge >= 0.3 is 5.69 Å². The van der Waals surface area contributed by atoms with Gasteiger partial charge in [-0.15, -0.1) is 0 Å². The van der Waals surface area contributed by atoms with Crippen molar-refractivity contribution < 1.29 is 14.4 Å². The Bertz CT molecular complexity index is 398. The summed E-state index contributed by atoms with van der Waals surface area (Å²) in [7, 11) is 0. The zero-order chi connectivity index (χ0) is 13.4. The number of nitro benzene ring substituents is 1. The van der Waals surface area contributed by atoms with E-state index >= 15 is 0 Å². The molecule has 0 radical (unpaired) electrons.